The number of hydrogen-bond acceptors (Lipinski definition) is 4. The average Bonchev–Trinajstić information content (AvgIpc) is 3.06. The second-order valence-electron chi connectivity index (χ2n) is 4.75. The molecule has 0 aliphatic carbocycles. The van der Waals surface area contributed by atoms with Crippen molar-refractivity contribution in [2.24, 2.45) is 0 Å². The fraction of sp³-hybridized carbons (Fsp3) is 0.467. The highest BCUT2D eigenvalue weighted by Crippen LogP contribution is 2.25. The SMILES string of the molecule is CCNCc1ccc(CN(C)C(C)c2cccs2)o1. The summed E-state index contributed by atoms with van der Waals surface area (Å²) in [5, 5.41) is 5.40. The summed E-state index contributed by atoms with van der Waals surface area (Å²) in [6.45, 7) is 6.94. The van der Waals surface area contributed by atoms with Crippen LogP contribution < -0.4 is 5.32 Å². The standard InChI is InChI=1S/C15H22N2OS/c1-4-16-10-13-7-8-14(18-13)11-17(3)12(2)15-6-5-9-19-15/h5-9,12,16H,4,10-11H2,1-3H3. The minimum atomic E-state index is 0.419. The molecule has 0 aliphatic heterocycles. The first-order valence-electron chi connectivity index (χ1n) is 6.72. The third kappa shape index (κ3) is 3.93. The van der Waals surface area contributed by atoms with Crippen molar-refractivity contribution in [1.82, 2.24) is 10.2 Å². The summed E-state index contributed by atoms with van der Waals surface area (Å²) in [7, 11) is 2.14. The maximum atomic E-state index is 5.82. The van der Waals surface area contributed by atoms with Crippen LogP contribution in [-0.2, 0) is 13.1 Å². The van der Waals surface area contributed by atoms with Crippen LogP contribution in [0.2, 0.25) is 0 Å². The lowest BCUT2D eigenvalue weighted by Crippen LogP contribution is -2.20. The third-order valence-electron chi connectivity index (χ3n) is 3.29. The molecule has 0 aliphatic rings. The van der Waals surface area contributed by atoms with E-state index in [0.29, 0.717) is 6.04 Å². The Morgan fingerprint density at radius 1 is 1.32 bits per heavy atom. The normalized spacial score (nSPS) is 13.1. The van der Waals surface area contributed by atoms with Gasteiger partial charge in [-0.2, -0.15) is 0 Å². The topological polar surface area (TPSA) is 28.4 Å². The molecule has 1 N–H and O–H groups in total. The van der Waals surface area contributed by atoms with Gasteiger partial charge in [-0.1, -0.05) is 13.0 Å². The molecule has 2 aromatic heterocycles. The number of nitrogens with one attached hydrogen (secondary N) is 1. The Morgan fingerprint density at radius 2 is 2.11 bits per heavy atom. The van der Waals surface area contributed by atoms with Gasteiger partial charge in [0.1, 0.15) is 11.5 Å². The number of nitrogens with zero attached hydrogens (tertiary/aromatic N) is 1. The van der Waals surface area contributed by atoms with E-state index in [0.717, 1.165) is 31.2 Å². The predicted molar refractivity (Wildman–Crippen MR) is 80.3 cm³/mol. The minimum absolute atomic E-state index is 0.419. The van der Waals surface area contributed by atoms with Gasteiger partial charge in [-0.3, -0.25) is 4.90 Å². The molecule has 0 saturated carbocycles. The zero-order chi connectivity index (χ0) is 13.7. The Bertz CT molecular complexity index is 478. The molecular weight excluding hydrogens is 256 g/mol. The predicted octanol–water partition coefficient (Wildman–Crippen LogP) is 3.64. The number of furan rings is 1. The lowest BCUT2D eigenvalue weighted by molar-refractivity contribution is 0.232. The monoisotopic (exact) mass is 278 g/mol. The molecule has 19 heavy (non-hydrogen) atoms. The van der Waals surface area contributed by atoms with Crippen molar-refractivity contribution in [3.05, 3.63) is 46.0 Å². The van der Waals surface area contributed by atoms with E-state index in [-0.39, 0.29) is 0 Å². The molecule has 0 aromatic carbocycles. The fourth-order valence-electron chi connectivity index (χ4n) is 1.98. The molecule has 3 nitrogen and oxygen atoms in total. The van der Waals surface area contributed by atoms with Gasteiger partial charge in [-0.25, -0.2) is 0 Å². The Hall–Kier alpha value is -1.10. The van der Waals surface area contributed by atoms with Crippen molar-refractivity contribution >= 4 is 11.3 Å². The Balaban J connectivity index is 1.91. The molecule has 0 saturated heterocycles. The molecule has 104 valence electrons. The molecular formula is C15H22N2OS. The number of rotatable bonds is 7. The van der Waals surface area contributed by atoms with Crippen LogP contribution in [0.3, 0.4) is 0 Å². The second-order valence-corrected chi connectivity index (χ2v) is 5.73. The quantitative estimate of drug-likeness (QED) is 0.838. The first-order chi connectivity index (χ1) is 9.20. The van der Waals surface area contributed by atoms with E-state index < -0.39 is 0 Å². The van der Waals surface area contributed by atoms with Crippen LogP contribution >= 0.6 is 11.3 Å². The summed E-state index contributed by atoms with van der Waals surface area (Å²) in [6.07, 6.45) is 0. The summed E-state index contributed by atoms with van der Waals surface area (Å²) in [4.78, 5) is 3.70. The van der Waals surface area contributed by atoms with Crippen LogP contribution in [0, 0.1) is 0 Å². The van der Waals surface area contributed by atoms with Gasteiger partial charge in [0, 0.05) is 10.9 Å². The van der Waals surface area contributed by atoms with Crippen molar-refractivity contribution in [1.29, 1.82) is 0 Å². The first kappa shape index (κ1) is 14.3. The Labute approximate surface area is 119 Å². The van der Waals surface area contributed by atoms with Crippen LogP contribution in [0.15, 0.2) is 34.1 Å². The highest BCUT2D eigenvalue weighted by molar-refractivity contribution is 7.10. The zero-order valence-corrected chi connectivity index (χ0v) is 12.7. The minimum Gasteiger partial charge on any atom is -0.463 e. The van der Waals surface area contributed by atoms with E-state index >= 15 is 0 Å². The number of hydrogen-bond donors (Lipinski definition) is 1. The van der Waals surface area contributed by atoms with Crippen molar-refractivity contribution in [3.8, 4) is 0 Å². The molecule has 2 aromatic rings. The van der Waals surface area contributed by atoms with Gasteiger partial charge < -0.3 is 9.73 Å². The molecule has 0 spiro atoms. The molecule has 4 heteroatoms. The van der Waals surface area contributed by atoms with Gasteiger partial charge in [0.2, 0.25) is 0 Å². The Morgan fingerprint density at radius 3 is 2.79 bits per heavy atom. The first-order valence-corrected chi connectivity index (χ1v) is 7.60. The van der Waals surface area contributed by atoms with E-state index in [4.69, 9.17) is 4.42 Å². The Kier molecular flexibility index (Phi) is 5.19. The van der Waals surface area contributed by atoms with E-state index in [1.165, 1.54) is 4.88 Å². The maximum absolute atomic E-state index is 5.82. The molecule has 0 fully saturated rings. The lowest BCUT2D eigenvalue weighted by atomic mass is 10.2. The van der Waals surface area contributed by atoms with E-state index in [1.807, 2.05) is 0 Å². The summed E-state index contributed by atoms with van der Waals surface area (Å²) >= 11 is 1.80. The van der Waals surface area contributed by atoms with E-state index in [2.05, 4.69) is 60.8 Å². The van der Waals surface area contributed by atoms with Gasteiger partial charge in [0.25, 0.3) is 0 Å². The van der Waals surface area contributed by atoms with Gasteiger partial charge in [0.05, 0.1) is 13.1 Å². The molecule has 2 heterocycles. The van der Waals surface area contributed by atoms with Gasteiger partial charge in [0.15, 0.2) is 0 Å². The lowest BCUT2D eigenvalue weighted by Gasteiger charge is -2.22. The second kappa shape index (κ2) is 6.89. The summed E-state index contributed by atoms with van der Waals surface area (Å²) < 4.78 is 5.82. The number of thiophene rings is 1. The summed E-state index contributed by atoms with van der Waals surface area (Å²) in [6, 6.07) is 8.84. The third-order valence-corrected chi connectivity index (χ3v) is 4.33. The fourth-order valence-corrected chi connectivity index (χ4v) is 2.83. The largest absolute Gasteiger partial charge is 0.463 e. The van der Waals surface area contributed by atoms with Crippen molar-refractivity contribution in [3.63, 3.8) is 0 Å². The zero-order valence-electron chi connectivity index (χ0n) is 11.8. The molecule has 0 bridgehead atoms. The molecule has 0 radical (unpaired) electrons. The maximum Gasteiger partial charge on any atom is 0.118 e. The molecule has 0 amide bonds. The van der Waals surface area contributed by atoms with Crippen LogP contribution in [0.25, 0.3) is 0 Å². The summed E-state index contributed by atoms with van der Waals surface area (Å²) in [5.74, 6) is 2.04. The van der Waals surface area contributed by atoms with Crippen LogP contribution in [0.1, 0.15) is 36.3 Å². The summed E-state index contributed by atoms with van der Waals surface area (Å²) in [5.41, 5.74) is 0. The highest BCUT2D eigenvalue weighted by Gasteiger charge is 2.14. The average molecular weight is 278 g/mol. The van der Waals surface area contributed by atoms with Crippen molar-refractivity contribution in [2.45, 2.75) is 33.0 Å². The molecule has 1 atom stereocenters. The van der Waals surface area contributed by atoms with E-state index in [9.17, 15) is 0 Å². The van der Waals surface area contributed by atoms with Gasteiger partial charge >= 0.3 is 0 Å². The van der Waals surface area contributed by atoms with Crippen LogP contribution in [0.4, 0.5) is 0 Å². The van der Waals surface area contributed by atoms with Gasteiger partial charge in [-0.05, 0) is 44.1 Å². The molecule has 1 unspecified atom stereocenters. The van der Waals surface area contributed by atoms with Crippen molar-refractivity contribution < 1.29 is 4.42 Å². The van der Waals surface area contributed by atoms with Crippen molar-refractivity contribution in [2.75, 3.05) is 13.6 Å². The smallest absolute Gasteiger partial charge is 0.118 e. The highest BCUT2D eigenvalue weighted by atomic mass is 32.1. The molecule has 2 rings (SSSR count). The van der Waals surface area contributed by atoms with Crippen LogP contribution in [0.5, 0.6) is 0 Å². The van der Waals surface area contributed by atoms with Gasteiger partial charge in [-0.15, -0.1) is 11.3 Å². The van der Waals surface area contributed by atoms with E-state index in [1.54, 1.807) is 11.3 Å². The van der Waals surface area contributed by atoms with Crippen LogP contribution in [-0.4, -0.2) is 18.5 Å².